The van der Waals surface area contributed by atoms with Crippen LogP contribution in [-0.2, 0) is 14.3 Å². The lowest BCUT2D eigenvalue weighted by molar-refractivity contribution is -0.140. The van der Waals surface area contributed by atoms with Gasteiger partial charge >= 0.3 is 5.97 Å². The third kappa shape index (κ3) is 3.70. The summed E-state index contributed by atoms with van der Waals surface area (Å²) in [7, 11) is 1.39. The highest BCUT2D eigenvalue weighted by molar-refractivity contribution is 8.04. The van der Waals surface area contributed by atoms with Crippen LogP contribution in [0.2, 0.25) is 0 Å². The Bertz CT molecular complexity index is 253. The van der Waals surface area contributed by atoms with Gasteiger partial charge in [0.05, 0.1) is 11.9 Å². The van der Waals surface area contributed by atoms with Crippen LogP contribution in [0.25, 0.3) is 0 Å². The second-order valence-corrected chi connectivity index (χ2v) is 4.98. The van der Waals surface area contributed by atoms with Crippen LogP contribution in [0, 0.1) is 0 Å². The van der Waals surface area contributed by atoms with Crippen molar-refractivity contribution < 1.29 is 14.3 Å². The molecule has 1 atom stereocenters. The van der Waals surface area contributed by atoms with Gasteiger partial charge in [-0.1, -0.05) is 12.5 Å². The van der Waals surface area contributed by atoms with Crippen molar-refractivity contribution in [2.75, 3.05) is 7.11 Å². The van der Waals surface area contributed by atoms with Crippen LogP contribution in [0.3, 0.4) is 0 Å². The van der Waals surface area contributed by atoms with Crippen molar-refractivity contribution in [3.05, 3.63) is 11.5 Å². The molecule has 0 N–H and O–H groups in total. The predicted octanol–water partition coefficient (Wildman–Crippen LogP) is 2.31. The van der Waals surface area contributed by atoms with Crippen LogP contribution < -0.4 is 0 Å². The minimum absolute atomic E-state index is 0.174. The van der Waals surface area contributed by atoms with E-state index in [1.807, 2.05) is 11.5 Å². The standard InChI is InChI=1S/C11H16O3S/c1-14-10(13)5-2-3-6-11(9-12)7-4-8-15-11/h4,8-9H,2-3,5-7H2,1H3. The first-order valence-corrected chi connectivity index (χ1v) is 5.96. The van der Waals surface area contributed by atoms with Gasteiger partial charge in [-0.3, -0.25) is 4.79 Å². The molecule has 0 spiro atoms. The molecule has 0 saturated carbocycles. The Balaban J connectivity index is 2.18. The maximum atomic E-state index is 11.0. The summed E-state index contributed by atoms with van der Waals surface area (Å²) in [6.07, 6.45) is 6.86. The lowest BCUT2D eigenvalue weighted by atomic mass is 9.98. The van der Waals surface area contributed by atoms with Gasteiger partial charge in [0.2, 0.25) is 0 Å². The maximum absolute atomic E-state index is 11.0. The molecule has 0 bridgehead atoms. The number of hydrogen-bond donors (Lipinski definition) is 0. The number of hydrogen-bond acceptors (Lipinski definition) is 4. The maximum Gasteiger partial charge on any atom is 0.305 e. The fourth-order valence-corrected chi connectivity index (χ4v) is 2.54. The number of methoxy groups -OCH3 is 1. The van der Waals surface area contributed by atoms with E-state index < -0.39 is 0 Å². The van der Waals surface area contributed by atoms with Gasteiger partial charge in [0.25, 0.3) is 0 Å². The molecule has 0 aromatic carbocycles. The van der Waals surface area contributed by atoms with Gasteiger partial charge in [0, 0.05) is 6.42 Å². The fraction of sp³-hybridized carbons (Fsp3) is 0.636. The molecule has 84 valence electrons. The zero-order valence-electron chi connectivity index (χ0n) is 8.90. The molecule has 0 radical (unpaired) electrons. The van der Waals surface area contributed by atoms with Gasteiger partial charge in [-0.25, -0.2) is 0 Å². The first-order chi connectivity index (χ1) is 7.22. The normalized spacial score (nSPS) is 24.1. The van der Waals surface area contributed by atoms with E-state index >= 15 is 0 Å². The average Bonchev–Trinajstić information content (AvgIpc) is 2.73. The minimum Gasteiger partial charge on any atom is -0.469 e. The number of unbranched alkanes of at least 4 members (excludes halogenated alkanes) is 1. The minimum atomic E-state index is -0.254. The Morgan fingerprint density at radius 2 is 2.40 bits per heavy atom. The SMILES string of the molecule is COC(=O)CCCCC1(C=O)CC=CS1. The van der Waals surface area contributed by atoms with Crippen LogP contribution in [0.4, 0.5) is 0 Å². The van der Waals surface area contributed by atoms with Crippen LogP contribution in [0.5, 0.6) is 0 Å². The highest BCUT2D eigenvalue weighted by atomic mass is 32.2. The molecule has 0 aromatic heterocycles. The highest BCUT2D eigenvalue weighted by Crippen LogP contribution is 2.38. The quantitative estimate of drug-likeness (QED) is 0.397. The zero-order valence-corrected chi connectivity index (χ0v) is 9.72. The van der Waals surface area contributed by atoms with Gasteiger partial charge in [-0.15, -0.1) is 11.8 Å². The molecule has 0 aromatic rings. The van der Waals surface area contributed by atoms with Crippen molar-refractivity contribution in [2.24, 2.45) is 0 Å². The second kappa shape index (κ2) is 5.95. The third-order valence-corrected chi connectivity index (χ3v) is 3.80. The van der Waals surface area contributed by atoms with Gasteiger partial charge in [0.15, 0.2) is 0 Å². The van der Waals surface area contributed by atoms with Crippen molar-refractivity contribution in [3.8, 4) is 0 Å². The molecule has 1 rings (SSSR count). The molecule has 1 aliphatic heterocycles. The largest absolute Gasteiger partial charge is 0.469 e. The van der Waals surface area contributed by atoms with Crippen LogP contribution >= 0.6 is 11.8 Å². The number of aldehydes is 1. The average molecular weight is 228 g/mol. The summed E-state index contributed by atoms with van der Waals surface area (Å²) in [4.78, 5) is 21.8. The lowest BCUT2D eigenvalue weighted by Gasteiger charge is -2.20. The Morgan fingerprint density at radius 1 is 1.60 bits per heavy atom. The number of ether oxygens (including phenoxy) is 1. The third-order valence-electron chi connectivity index (χ3n) is 2.54. The van der Waals surface area contributed by atoms with Crippen molar-refractivity contribution in [3.63, 3.8) is 0 Å². The molecule has 15 heavy (non-hydrogen) atoms. The Kier molecular flexibility index (Phi) is 4.88. The Morgan fingerprint density at radius 3 is 2.93 bits per heavy atom. The van der Waals surface area contributed by atoms with Gasteiger partial charge < -0.3 is 9.53 Å². The molecule has 0 saturated heterocycles. The summed E-state index contributed by atoms with van der Waals surface area (Å²) in [5.74, 6) is -0.174. The van der Waals surface area contributed by atoms with Crippen LogP contribution in [0.15, 0.2) is 11.5 Å². The summed E-state index contributed by atoms with van der Waals surface area (Å²) in [5.41, 5.74) is 0. The van der Waals surface area contributed by atoms with E-state index in [9.17, 15) is 9.59 Å². The summed E-state index contributed by atoms with van der Waals surface area (Å²) in [6, 6.07) is 0. The first kappa shape index (κ1) is 12.3. The van der Waals surface area contributed by atoms with E-state index in [1.165, 1.54) is 7.11 Å². The molecule has 1 aliphatic rings. The van der Waals surface area contributed by atoms with Crippen molar-refractivity contribution in [2.45, 2.75) is 36.9 Å². The summed E-state index contributed by atoms with van der Waals surface area (Å²) >= 11 is 1.59. The molecule has 3 nitrogen and oxygen atoms in total. The topological polar surface area (TPSA) is 43.4 Å². The molecule has 0 amide bonds. The fourth-order valence-electron chi connectivity index (χ4n) is 1.57. The highest BCUT2D eigenvalue weighted by Gasteiger charge is 2.30. The first-order valence-electron chi connectivity index (χ1n) is 5.08. The molecule has 4 heteroatoms. The lowest BCUT2D eigenvalue weighted by Crippen LogP contribution is -2.22. The molecule has 1 unspecified atom stereocenters. The molecule has 1 heterocycles. The summed E-state index contributed by atoms with van der Waals surface area (Å²) in [6.45, 7) is 0. The van der Waals surface area contributed by atoms with Gasteiger partial charge in [0.1, 0.15) is 6.29 Å². The van der Waals surface area contributed by atoms with E-state index in [-0.39, 0.29) is 10.7 Å². The van der Waals surface area contributed by atoms with Crippen molar-refractivity contribution >= 4 is 24.0 Å². The van der Waals surface area contributed by atoms with E-state index in [0.29, 0.717) is 6.42 Å². The molecule has 0 fully saturated rings. The zero-order chi connectivity index (χ0) is 11.1. The smallest absolute Gasteiger partial charge is 0.305 e. The Labute approximate surface area is 94.3 Å². The van der Waals surface area contributed by atoms with E-state index in [1.54, 1.807) is 11.8 Å². The van der Waals surface area contributed by atoms with E-state index in [4.69, 9.17) is 0 Å². The molecular formula is C11H16O3S. The van der Waals surface area contributed by atoms with Gasteiger partial charge in [-0.05, 0) is 24.7 Å². The summed E-state index contributed by atoms with van der Waals surface area (Å²) < 4.78 is 4.29. The van der Waals surface area contributed by atoms with Gasteiger partial charge in [-0.2, -0.15) is 0 Å². The Hall–Kier alpha value is -0.770. The van der Waals surface area contributed by atoms with Crippen LogP contribution in [-0.4, -0.2) is 24.1 Å². The number of carbonyl (C=O) groups excluding carboxylic acids is 2. The number of rotatable bonds is 6. The van der Waals surface area contributed by atoms with Crippen molar-refractivity contribution in [1.82, 2.24) is 0 Å². The molecular weight excluding hydrogens is 212 g/mol. The molecule has 0 aliphatic carbocycles. The number of carbonyl (C=O) groups is 2. The van der Waals surface area contributed by atoms with Crippen molar-refractivity contribution in [1.29, 1.82) is 0 Å². The second-order valence-electron chi connectivity index (χ2n) is 3.66. The number of allylic oxidation sites excluding steroid dienone is 1. The van der Waals surface area contributed by atoms with E-state index in [2.05, 4.69) is 4.74 Å². The van der Waals surface area contributed by atoms with E-state index in [0.717, 1.165) is 32.0 Å². The summed E-state index contributed by atoms with van der Waals surface area (Å²) in [5, 5.41) is 1.98. The monoisotopic (exact) mass is 228 g/mol. The van der Waals surface area contributed by atoms with Crippen LogP contribution in [0.1, 0.15) is 32.1 Å². The number of thioether (sulfide) groups is 1. The predicted molar refractivity (Wildman–Crippen MR) is 60.6 cm³/mol. The number of esters is 1.